The van der Waals surface area contributed by atoms with Crippen LogP contribution in [0.4, 0.5) is 14.9 Å². The van der Waals surface area contributed by atoms with E-state index in [1.807, 2.05) is 0 Å². The minimum Gasteiger partial charge on any atom is -0.454 e. The van der Waals surface area contributed by atoms with Crippen molar-refractivity contribution >= 4 is 23.5 Å². The Morgan fingerprint density at radius 3 is 2.92 bits per heavy atom. The van der Waals surface area contributed by atoms with Crippen molar-refractivity contribution in [3.05, 3.63) is 53.8 Å². The summed E-state index contributed by atoms with van der Waals surface area (Å²) in [5.41, 5.74) is 1.15. The normalized spacial score (nSPS) is 18.7. The van der Waals surface area contributed by atoms with Crippen molar-refractivity contribution in [2.45, 2.75) is 5.37 Å². The number of benzene rings is 2. The average Bonchev–Trinajstić information content (AvgIpc) is 3.24. The summed E-state index contributed by atoms with van der Waals surface area (Å²) in [6.45, 7) is 0.755. The summed E-state index contributed by atoms with van der Waals surface area (Å²) in [6.07, 6.45) is 0. The topological polar surface area (TPSA) is 50.8 Å². The molecule has 1 atom stereocenters. The molecule has 2 heterocycles. The molecule has 0 radical (unpaired) electrons. The highest BCUT2D eigenvalue weighted by molar-refractivity contribution is 7.99. The number of nitrogens with zero attached hydrogens (tertiary/aromatic N) is 1. The van der Waals surface area contributed by atoms with E-state index in [0.717, 1.165) is 5.75 Å². The summed E-state index contributed by atoms with van der Waals surface area (Å²) in [5.74, 6) is 1.74. The molecule has 1 saturated heterocycles. The Kier molecular flexibility index (Phi) is 3.93. The highest BCUT2D eigenvalue weighted by atomic mass is 32.2. The number of ether oxygens (including phenoxy) is 2. The number of hydrogen-bond donors (Lipinski definition) is 1. The Morgan fingerprint density at radius 2 is 2.04 bits per heavy atom. The van der Waals surface area contributed by atoms with Crippen LogP contribution in [0.15, 0.2) is 42.5 Å². The van der Waals surface area contributed by atoms with Crippen molar-refractivity contribution in [1.29, 1.82) is 0 Å². The van der Waals surface area contributed by atoms with Crippen molar-refractivity contribution in [3.8, 4) is 11.5 Å². The predicted molar refractivity (Wildman–Crippen MR) is 89.9 cm³/mol. The molecule has 7 heteroatoms. The smallest absolute Gasteiger partial charge is 0.323 e. The Hall–Kier alpha value is -2.41. The van der Waals surface area contributed by atoms with E-state index in [1.54, 1.807) is 53.1 Å². The molecule has 124 valence electrons. The summed E-state index contributed by atoms with van der Waals surface area (Å²) in [5, 5.41) is 2.53. The van der Waals surface area contributed by atoms with Gasteiger partial charge in [0, 0.05) is 29.6 Å². The first-order valence-electron chi connectivity index (χ1n) is 7.56. The molecule has 24 heavy (non-hydrogen) atoms. The van der Waals surface area contributed by atoms with Crippen LogP contribution in [-0.4, -0.2) is 30.0 Å². The molecule has 0 aliphatic carbocycles. The molecule has 2 aliphatic rings. The van der Waals surface area contributed by atoms with E-state index in [-0.39, 0.29) is 24.0 Å². The average molecular weight is 346 g/mol. The van der Waals surface area contributed by atoms with Gasteiger partial charge in [0.2, 0.25) is 6.79 Å². The van der Waals surface area contributed by atoms with Gasteiger partial charge >= 0.3 is 6.03 Å². The molecule has 2 aromatic rings. The molecular formula is C17H15FN2O3S. The molecule has 5 nitrogen and oxygen atoms in total. The number of rotatable bonds is 2. The standard InChI is InChI=1S/C17H15FN2O3S/c18-13-4-2-1-3-12(13)16-20(7-8-24-16)17(21)19-11-5-6-14-15(9-11)23-10-22-14/h1-6,9,16H,7-8,10H2,(H,19,21)/t16-/m1/s1. The van der Waals surface area contributed by atoms with E-state index < -0.39 is 0 Å². The van der Waals surface area contributed by atoms with E-state index in [9.17, 15) is 9.18 Å². The lowest BCUT2D eigenvalue weighted by Crippen LogP contribution is -2.34. The van der Waals surface area contributed by atoms with Gasteiger partial charge in [-0.2, -0.15) is 0 Å². The monoisotopic (exact) mass is 346 g/mol. The fourth-order valence-electron chi connectivity index (χ4n) is 2.78. The van der Waals surface area contributed by atoms with Gasteiger partial charge in [0.1, 0.15) is 11.2 Å². The fourth-order valence-corrected chi connectivity index (χ4v) is 4.06. The van der Waals surface area contributed by atoms with Crippen LogP contribution in [0.3, 0.4) is 0 Å². The van der Waals surface area contributed by atoms with Gasteiger partial charge in [-0.3, -0.25) is 0 Å². The molecule has 2 amide bonds. The third-order valence-corrected chi connectivity index (χ3v) is 5.19. The van der Waals surface area contributed by atoms with Crippen molar-refractivity contribution < 1.29 is 18.7 Å². The van der Waals surface area contributed by atoms with Gasteiger partial charge in [-0.05, 0) is 18.2 Å². The summed E-state index contributed by atoms with van der Waals surface area (Å²) in [4.78, 5) is 14.3. The Labute approximate surface area is 142 Å². The van der Waals surface area contributed by atoms with E-state index >= 15 is 0 Å². The van der Waals surface area contributed by atoms with Crippen LogP contribution in [0.1, 0.15) is 10.9 Å². The van der Waals surface area contributed by atoms with Gasteiger partial charge in [0.25, 0.3) is 0 Å². The van der Waals surface area contributed by atoms with Crippen molar-refractivity contribution in [3.63, 3.8) is 0 Å². The van der Waals surface area contributed by atoms with Gasteiger partial charge in [-0.25, -0.2) is 9.18 Å². The molecule has 0 bridgehead atoms. The predicted octanol–water partition coefficient (Wildman–Crippen LogP) is 3.83. The maximum absolute atomic E-state index is 14.1. The number of urea groups is 1. The molecule has 0 saturated carbocycles. The number of halogens is 1. The lowest BCUT2D eigenvalue weighted by molar-refractivity contribution is 0.174. The maximum Gasteiger partial charge on any atom is 0.323 e. The van der Waals surface area contributed by atoms with Crippen molar-refractivity contribution in [2.75, 3.05) is 24.4 Å². The second-order valence-electron chi connectivity index (χ2n) is 5.44. The third kappa shape index (κ3) is 2.75. The number of carbonyl (C=O) groups excluding carboxylic acids is 1. The molecule has 2 aliphatic heterocycles. The zero-order valence-electron chi connectivity index (χ0n) is 12.7. The van der Waals surface area contributed by atoms with Crippen LogP contribution in [0.25, 0.3) is 0 Å². The van der Waals surface area contributed by atoms with Crippen LogP contribution >= 0.6 is 11.8 Å². The third-order valence-electron chi connectivity index (χ3n) is 3.95. The Bertz CT molecular complexity index is 786. The number of carbonyl (C=O) groups is 1. The van der Waals surface area contributed by atoms with Crippen LogP contribution in [0, 0.1) is 5.82 Å². The summed E-state index contributed by atoms with van der Waals surface area (Å²) < 4.78 is 24.6. The van der Waals surface area contributed by atoms with Crippen LogP contribution < -0.4 is 14.8 Å². The first-order chi connectivity index (χ1) is 11.7. The second-order valence-corrected chi connectivity index (χ2v) is 6.62. The van der Waals surface area contributed by atoms with Gasteiger partial charge in [0.15, 0.2) is 11.5 Å². The molecule has 0 unspecified atom stereocenters. The lowest BCUT2D eigenvalue weighted by atomic mass is 10.2. The van der Waals surface area contributed by atoms with E-state index in [4.69, 9.17) is 9.47 Å². The number of hydrogen-bond acceptors (Lipinski definition) is 4. The van der Waals surface area contributed by atoms with Crippen molar-refractivity contribution in [2.24, 2.45) is 0 Å². The van der Waals surface area contributed by atoms with E-state index in [1.165, 1.54) is 6.07 Å². The number of fused-ring (bicyclic) bond motifs is 1. The summed E-state index contributed by atoms with van der Waals surface area (Å²) >= 11 is 1.56. The molecule has 1 N–H and O–H groups in total. The van der Waals surface area contributed by atoms with Crippen molar-refractivity contribution in [1.82, 2.24) is 4.90 Å². The first kappa shape index (κ1) is 15.1. The first-order valence-corrected chi connectivity index (χ1v) is 8.60. The van der Waals surface area contributed by atoms with Gasteiger partial charge < -0.3 is 19.7 Å². The molecule has 0 aromatic heterocycles. The molecular weight excluding hydrogens is 331 g/mol. The molecule has 4 rings (SSSR count). The minimum atomic E-state index is -0.319. The Balaban J connectivity index is 1.52. The number of nitrogens with one attached hydrogen (secondary N) is 1. The number of anilines is 1. The SMILES string of the molecule is O=C(Nc1ccc2c(c1)OCO2)N1CCS[C@@H]1c1ccccc1F. The number of thioether (sulfide) groups is 1. The Morgan fingerprint density at radius 1 is 1.21 bits per heavy atom. The van der Waals surface area contributed by atoms with E-state index in [2.05, 4.69) is 5.32 Å². The quantitative estimate of drug-likeness (QED) is 0.898. The zero-order chi connectivity index (χ0) is 16.5. The van der Waals surface area contributed by atoms with Crippen LogP contribution in [0.5, 0.6) is 11.5 Å². The zero-order valence-corrected chi connectivity index (χ0v) is 13.5. The van der Waals surface area contributed by atoms with E-state index in [0.29, 0.717) is 29.3 Å². The fraction of sp³-hybridized carbons (Fsp3) is 0.235. The maximum atomic E-state index is 14.1. The second kappa shape index (κ2) is 6.24. The lowest BCUT2D eigenvalue weighted by Gasteiger charge is -2.24. The van der Waals surface area contributed by atoms with Gasteiger partial charge in [0.05, 0.1) is 0 Å². The van der Waals surface area contributed by atoms with Crippen LogP contribution in [0.2, 0.25) is 0 Å². The van der Waals surface area contributed by atoms with Gasteiger partial charge in [-0.1, -0.05) is 18.2 Å². The summed E-state index contributed by atoms with van der Waals surface area (Å²) in [7, 11) is 0. The minimum absolute atomic E-state index is 0.185. The van der Waals surface area contributed by atoms with Gasteiger partial charge in [-0.15, -0.1) is 11.8 Å². The summed E-state index contributed by atoms with van der Waals surface area (Å²) in [6, 6.07) is 11.5. The highest BCUT2D eigenvalue weighted by Crippen LogP contribution is 2.39. The van der Waals surface area contributed by atoms with Crippen LogP contribution in [-0.2, 0) is 0 Å². The molecule has 2 aromatic carbocycles. The highest BCUT2D eigenvalue weighted by Gasteiger charge is 2.32. The molecule has 1 fully saturated rings. The number of amides is 2. The largest absolute Gasteiger partial charge is 0.454 e. The molecule has 0 spiro atoms.